The molecular weight excluding hydrogens is 148 g/mol. The second-order valence-corrected chi connectivity index (χ2v) is 2.63. The number of nitrogens with one attached hydrogen (secondary N) is 1. The standard InChI is InChI=1S/C6H14N2OS/c1-4-5-9-8(2)6(7)10-3/h7H,4-5H2,1-3H3. The Morgan fingerprint density at radius 3 is 2.70 bits per heavy atom. The van der Waals surface area contributed by atoms with Crippen molar-refractivity contribution in [3.05, 3.63) is 0 Å². The Kier molecular flexibility index (Phi) is 5.43. The van der Waals surface area contributed by atoms with E-state index in [1.807, 2.05) is 13.2 Å². The van der Waals surface area contributed by atoms with Gasteiger partial charge in [-0.25, -0.2) is 5.06 Å². The molecule has 0 bridgehead atoms. The van der Waals surface area contributed by atoms with Crippen LogP contribution in [0.3, 0.4) is 0 Å². The first-order valence-electron chi connectivity index (χ1n) is 3.21. The predicted octanol–water partition coefficient (Wildman–Crippen LogP) is 1.56. The lowest BCUT2D eigenvalue weighted by Gasteiger charge is -2.16. The van der Waals surface area contributed by atoms with Gasteiger partial charge >= 0.3 is 0 Å². The third-order valence-electron chi connectivity index (χ3n) is 0.968. The quantitative estimate of drug-likeness (QED) is 0.388. The molecule has 0 aliphatic heterocycles. The van der Waals surface area contributed by atoms with Gasteiger partial charge in [-0.2, -0.15) is 0 Å². The normalized spacial score (nSPS) is 9.50. The molecule has 0 aromatic heterocycles. The van der Waals surface area contributed by atoms with E-state index >= 15 is 0 Å². The van der Waals surface area contributed by atoms with E-state index in [4.69, 9.17) is 10.2 Å². The lowest BCUT2D eigenvalue weighted by Crippen LogP contribution is -2.23. The van der Waals surface area contributed by atoms with Crippen molar-refractivity contribution in [2.45, 2.75) is 13.3 Å². The molecule has 0 aromatic rings. The number of nitrogens with zero attached hydrogens (tertiary/aromatic N) is 1. The third kappa shape index (κ3) is 3.74. The maximum absolute atomic E-state index is 7.29. The molecule has 4 heteroatoms. The molecule has 0 atom stereocenters. The van der Waals surface area contributed by atoms with Crippen LogP contribution in [-0.4, -0.2) is 30.1 Å². The Hall–Kier alpha value is -0.220. The zero-order chi connectivity index (χ0) is 7.98. The fourth-order valence-corrected chi connectivity index (χ4v) is 0.725. The lowest BCUT2D eigenvalue weighted by molar-refractivity contribution is -0.0766. The van der Waals surface area contributed by atoms with Crippen LogP contribution >= 0.6 is 11.8 Å². The third-order valence-corrected chi connectivity index (χ3v) is 1.61. The molecule has 0 aromatic carbocycles. The molecule has 0 unspecified atom stereocenters. The van der Waals surface area contributed by atoms with E-state index in [9.17, 15) is 0 Å². The van der Waals surface area contributed by atoms with Crippen LogP contribution in [0.2, 0.25) is 0 Å². The first-order valence-corrected chi connectivity index (χ1v) is 4.44. The molecule has 0 aliphatic rings. The van der Waals surface area contributed by atoms with E-state index < -0.39 is 0 Å². The summed E-state index contributed by atoms with van der Waals surface area (Å²) in [6, 6.07) is 0. The van der Waals surface area contributed by atoms with Gasteiger partial charge in [-0.05, 0) is 12.7 Å². The fourth-order valence-electron chi connectivity index (χ4n) is 0.415. The molecule has 0 aliphatic carbocycles. The SMILES string of the molecule is CCCON(C)C(=N)SC. The van der Waals surface area contributed by atoms with Gasteiger partial charge in [0.25, 0.3) is 0 Å². The van der Waals surface area contributed by atoms with Gasteiger partial charge in [-0.15, -0.1) is 0 Å². The van der Waals surface area contributed by atoms with Crippen molar-refractivity contribution < 1.29 is 4.84 Å². The van der Waals surface area contributed by atoms with Crippen molar-refractivity contribution in [2.75, 3.05) is 19.9 Å². The summed E-state index contributed by atoms with van der Waals surface area (Å²) in [4.78, 5) is 5.13. The van der Waals surface area contributed by atoms with Crippen molar-refractivity contribution in [3.63, 3.8) is 0 Å². The summed E-state index contributed by atoms with van der Waals surface area (Å²) >= 11 is 1.37. The molecule has 0 radical (unpaired) electrons. The molecule has 0 heterocycles. The number of thioether (sulfide) groups is 1. The van der Waals surface area contributed by atoms with Crippen molar-refractivity contribution >= 4 is 16.9 Å². The number of hydroxylamine groups is 2. The molecule has 3 nitrogen and oxygen atoms in total. The molecule has 0 rings (SSSR count). The van der Waals surface area contributed by atoms with Gasteiger partial charge in [0, 0.05) is 7.05 Å². The second-order valence-electron chi connectivity index (χ2n) is 1.84. The number of amidine groups is 1. The second kappa shape index (κ2) is 5.56. The minimum Gasteiger partial charge on any atom is -0.277 e. The fraction of sp³-hybridized carbons (Fsp3) is 0.833. The average Bonchev–Trinajstić information content (AvgIpc) is 1.98. The Balaban J connectivity index is 3.41. The highest BCUT2D eigenvalue weighted by molar-refractivity contribution is 8.13. The van der Waals surface area contributed by atoms with Gasteiger partial charge in [0.1, 0.15) is 0 Å². The van der Waals surface area contributed by atoms with Crippen LogP contribution in [-0.2, 0) is 4.84 Å². The summed E-state index contributed by atoms with van der Waals surface area (Å²) in [7, 11) is 1.74. The average molecular weight is 162 g/mol. The molecular formula is C6H14N2OS. The van der Waals surface area contributed by atoms with E-state index in [1.165, 1.54) is 16.8 Å². The van der Waals surface area contributed by atoms with E-state index in [1.54, 1.807) is 7.05 Å². The first kappa shape index (κ1) is 9.78. The monoisotopic (exact) mass is 162 g/mol. The van der Waals surface area contributed by atoms with Gasteiger partial charge in [0.05, 0.1) is 6.61 Å². The smallest absolute Gasteiger partial charge is 0.179 e. The van der Waals surface area contributed by atoms with Gasteiger partial charge in [0.2, 0.25) is 0 Å². The zero-order valence-corrected chi connectivity index (χ0v) is 7.49. The van der Waals surface area contributed by atoms with Crippen LogP contribution in [0.15, 0.2) is 0 Å². The number of hydrogen-bond donors (Lipinski definition) is 1. The Morgan fingerprint density at radius 2 is 2.30 bits per heavy atom. The van der Waals surface area contributed by atoms with Crippen LogP contribution in [0.5, 0.6) is 0 Å². The van der Waals surface area contributed by atoms with E-state index in [2.05, 4.69) is 0 Å². The van der Waals surface area contributed by atoms with Crippen LogP contribution in [0.1, 0.15) is 13.3 Å². The van der Waals surface area contributed by atoms with Crippen molar-refractivity contribution in [1.82, 2.24) is 5.06 Å². The summed E-state index contributed by atoms with van der Waals surface area (Å²) < 4.78 is 0. The highest BCUT2D eigenvalue weighted by atomic mass is 32.2. The molecule has 1 N–H and O–H groups in total. The predicted molar refractivity (Wildman–Crippen MR) is 45.2 cm³/mol. The maximum atomic E-state index is 7.29. The molecule has 0 saturated carbocycles. The zero-order valence-electron chi connectivity index (χ0n) is 6.68. The van der Waals surface area contributed by atoms with E-state index in [0.717, 1.165) is 6.42 Å². The summed E-state index contributed by atoms with van der Waals surface area (Å²) in [6.07, 6.45) is 2.83. The molecule has 10 heavy (non-hydrogen) atoms. The first-order chi connectivity index (χ1) is 4.72. The van der Waals surface area contributed by atoms with Gasteiger partial charge in [-0.3, -0.25) is 10.2 Å². The minimum atomic E-state index is 0.438. The summed E-state index contributed by atoms with van der Waals surface area (Å²) in [5.41, 5.74) is 0. The molecule has 60 valence electrons. The highest BCUT2D eigenvalue weighted by Crippen LogP contribution is 2.00. The van der Waals surface area contributed by atoms with Crippen LogP contribution in [0.25, 0.3) is 0 Å². The molecule has 0 fully saturated rings. The van der Waals surface area contributed by atoms with Gasteiger partial charge < -0.3 is 0 Å². The van der Waals surface area contributed by atoms with Gasteiger partial charge in [-0.1, -0.05) is 18.7 Å². The Morgan fingerprint density at radius 1 is 1.70 bits per heavy atom. The van der Waals surface area contributed by atoms with Crippen molar-refractivity contribution in [2.24, 2.45) is 0 Å². The van der Waals surface area contributed by atoms with Crippen LogP contribution in [0, 0.1) is 5.41 Å². The van der Waals surface area contributed by atoms with Crippen LogP contribution in [0.4, 0.5) is 0 Å². The summed E-state index contributed by atoms with van der Waals surface area (Å²) in [5.74, 6) is 0. The largest absolute Gasteiger partial charge is 0.277 e. The highest BCUT2D eigenvalue weighted by Gasteiger charge is 2.00. The van der Waals surface area contributed by atoms with E-state index in [0.29, 0.717) is 11.8 Å². The van der Waals surface area contributed by atoms with Gasteiger partial charge in [0.15, 0.2) is 5.17 Å². The molecule has 0 saturated heterocycles. The summed E-state index contributed by atoms with van der Waals surface area (Å²) in [5, 5.41) is 9.20. The summed E-state index contributed by atoms with van der Waals surface area (Å²) in [6.45, 7) is 2.72. The molecule has 0 spiro atoms. The van der Waals surface area contributed by atoms with Crippen LogP contribution < -0.4 is 0 Å². The Bertz CT molecular complexity index is 108. The van der Waals surface area contributed by atoms with Crippen molar-refractivity contribution in [1.29, 1.82) is 5.41 Å². The lowest BCUT2D eigenvalue weighted by atomic mass is 10.5. The van der Waals surface area contributed by atoms with Crippen molar-refractivity contribution in [3.8, 4) is 0 Å². The maximum Gasteiger partial charge on any atom is 0.179 e. The molecule has 0 amide bonds. The van der Waals surface area contributed by atoms with E-state index in [-0.39, 0.29) is 0 Å². The topological polar surface area (TPSA) is 36.3 Å². The Labute approximate surface area is 66.2 Å². The number of rotatable bonds is 3. The number of hydrogen-bond acceptors (Lipinski definition) is 3. The minimum absolute atomic E-state index is 0.438.